The van der Waals surface area contributed by atoms with E-state index in [0.29, 0.717) is 11.3 Å². The number of fused-ring (bicyclic) bond motifs is 1. The van der Waals surface area contributed by atoms with E-state index in [1.165, 1.54) is 0 Å². The Bertz CT molecular complexity index is 1130. The first-order valence-corrected chi connectivity index (χ1v) is 9.93. The molecule has 0 aliphatic carbocycles. The number of imide groups is 1. The summed E-state index contributed by atoms with van der Waals surface area (Å²) in [5, 5.41) is 7.39. The topological polar surface area (TPSA) is 78.5 Å². The molecule has 30 heavy (non-hydrogen) atoms. The lowest BCUT2D eigenvalue weighted by molar-refractivity contribution is -0.133. The molecule has 0 saturated carbocycles. The number of nitrogens with one attached hydrogen (secondary N) is 2. The molecule has 1 atom stereocenters. The van der Waals surface area contributed by atoms with Gasteiger partial charge in [-0.2, -0.15) is 0 Å². The first-order valence-electron chi connectivity index (χ1n) is 9.93. The van der Waals surface area contributed by atoms with E-state index in [1.54, 1.807) is 6.92 Å². The van der Waals surface area contributed by atoms with Crippen LogP contribution >= 0.6 is 0 Å². The molecule has 6 heteroatoms. The maximum Gasteiger partial charge on any atom is 0.325 e. The van der Waals surface area contributed by atoms with E-state index in [0.717, 1.165) is 27.7 Å². The summed E-state index contributed by atoms with van der Waals surface area (Å²) in [5.74, 6) is -0.870. The van der Waals surface area contributed by atoms with Crippen molar-refractivity contribution in [1.29, 1.82) is 0 Å². The van der Waals surface area contributed by atoms with Gasteiger partial charge in [0.1, 0.15) is 12.1 Å². The quantitative estimate of drug-likeness (QED) is 0.638. The molecule has 1 heterocycles. The van der Waals surface area contributed by atoms with Gasteiger partial charge in [0.05, 0.1) is 0 Å². The summed E-state index contributed by atoms with van der Waals surface area (Å²) in [6, 6.07) is 20.2. The average Bonchev–Trinajstić information content (AvgIpc) is 2.97. The normalized spacial score (nSPS) is 18.5. The Labute approximate surface area is 174 Å². The molecule has 0 radical (unpaired) electrons. The fraction of sp³-hybridized carbons (Fsp3) is 0.208. The van der Waals surface area contributed by atoms with Crippen LogP contribution in [0.3, 0.4) is 0 Å². The lowest BCUT2D eigenvalue weighted by Crippen LogP contribution is -2.42. The van der Waals surface area contributed by atoms with Crippen LogP contribution in [0.4, 0.5) is 10.5 Å². The molecular weight excluding hydrogens is 378 g/mol. The Morgan fingerprint density at radius 1 is 1.00 bits per heavy atom. The Hall–Kier alpha value is -3.67. The molecule has 6 nitrogen and oxygen atoms in total. The van der Waals surface area contributed by atoms with Crippen LogP contribution in [-0.2, 0) is 21.5 Å². The number of hydrogen-bond acceptors (Lipinski definition) is 3. The van der Waals surface area contributed by atoms with E-state index < -0.39 is 23.4 Å². The van der Waals surface area contributed by atoms with Crippen LogP contribution in [0.5, 0.6) is 0 Å². The molecule has 1 aliphatic heterocycles. The highest BCUT2D eigenvalue weighted by atomic mass is 16.2. The largest absolute Gasteiger partial charge is 0.325 e. The van der Waals surface area contributed by atoms with E-state index in [2.05, 4.69) is 17.6 Å². The highest BCUT2D eigenvalue weighted by molar-refractivity contribution is 6.11. The number of amides is 4. The minimum atomic E-state index is -1.24. The highest BCUT2D eigenvalue weighted by Crippen LogP contribution is 2.33. The number of urea groups is 1. The second-order valence-electron chi connectivity index (χ2n) is 7.57. The highest BCUT2D eigenvalue weighted by Gasteiger charge is 2.50. The standard InChI is InChI=1S/C24H23N3O3/c1-3-16-11-13-18(14-12-16)25-21(28)15-27-22(29)24(2,26-23(27)30)20-10-6-8-17-7-4-5-9-19(17)20/h4-14H,3,15H2,1-2H3,(H,25,28)(H,26,30)/t24-/m0/s1. The number of carbonyl (C=O) groups excluding carboxylic acids is 3. The Kier molecular flexibility index (Phi) is 4.99. The van der Waals surface area contributed by atoms with Gasteiger partial charge in [-0.1, -0.05) is 61.5 Å². The maximum atomic E-state index is 13.2. The number of benzene rings is 3. The second-order valence-corrected chi connectivity index (χ2v) is 7.57. The summed E-state index contributed by atoms with van der Waals surface area (Å²) in [6.07, 6.45) is 0.906. The van der Waals surface area contributed by atoms with Crippen molar-refractivity contribution in [1.82, 2.24) is 10.2 Å². The Morgan fingerprint density at radius 2 is 1.70 bits per heavy atom. The van der Waals surface area contributed by atoms with Crippen molar-refractivity contribution in [3.8, 4) is 0 Å². The molecule has 1 saturated heterocycles. The molecule has 4 rings (SSSR count). The average molecular weight is 401 g/mol. The van der Waals surface area contributed by atoms with Crippen molar-refractivity contribution in [3.63, 3.8) is 0 Å². The Morgan fingerprint density at radius 3 is 2.43 bits per heavy atom. The molecule has 4 amide bonds. The van der Waals surface area contributed by atoms with Crippen LogP contribution in [0.1, 0.15) is 25.0 Å². The molecule has 3 aromatic carbocycles. The maximum absolute atomic E-state index is 13.2. The monoisotopic (exact) mass is 401 g/mol. The van der Waals surface area contributed by atoms with Crippen molar-refractivity contribution in [2.75, 3.05) is 11.9 Å². The van der Waals surface area contributed by atoms with E-state index in [4.69, 9.17) is 0 Å². The molecule has 0 spiro atoms. The van der Waals surface area contributed by atoms with Crippen molar-refractivity contribution >= 4 is 34.3 Å². The summed E-state index contributed by atoms with van der Waals surface area (Å²) in [6.45, 7) is 3.38. The third kappa shape index (κ3) is 3.41. The fourth-order valence-corrected chi connectivity index (χ4v) is 3.85. The van der Waals surface area contributed by atoms with Crippen molar-refractivity contribution < 1.29 is 14.4 Å². The summed E-state index contributed by atoms with van der Waals surface area (Å²) in [5.41, 5.74) is 1.26. The van der Waals surface area contributed by atoms with Crippen LogP contribution in [0.2, 0.25) is 0 Å². The van der Waals surface area contributed by atoms with E-state index in [1.807, 2.05) is 66.7 Å². The minimum Gasteiger partial charge on any atom is -0.325 e. The molecule has 0 bridgehead atoms. The SMILES string of the molecule is CCc1ccc(NC(=O)CN2C(=O)N[C@@](C)(c3cccc4ccccc34)C2=O)cc1. The third-order valence-corrected chi connectivity index (χ3v) is 5.55. The predicted octanol–water partition coefficient (Wildman–Crippen LogP) is 3.81. The number of anilines is 1. The predicted molar refractivity (Wildman–Crippen MR) is 116 cm³/mol. The lowest BCUT2D eigenvalue weighted by Gasteiger charge is -2.24. The van der Waals surface area contributed by atoms with Gasteiger partial charge in [0.15, 0.2) is 0 Å². The van der Waals surface area contributed by atoms with Gasteiger partial charge in [-0.25, -0.2) is 4.79 Å². The summed E-state index contributed by atoms with van der Waals surface area (Å²) in [7, 11) is 0. The van der Waals surface area contributed by atoms with Gasteiger partial charge in [0, 0.05) is 5.69 Å². The molecule has 152 valence electrons. The third-order valence-electron chi connectivity index (χ3n) is 5.55. The van der Waals surface area contributed by atoms with Crippen molar-refractivity contribution in [2.24, 2.45) is 0 Å². The van der Waals surface area contributed by atoms with Crippen LogP contribution in [0.25, 0.3) is 10.8 Å². The Balaban J connectivity index is 1.55. The van der Waals surface area contributed by atoms with E-state index in [-0.39, 0.29) is 6.54 Å². The summed E-state index contributed by atoms with van der Waals surface area (Å²) in [4.78, 5) is 39.3. The fourth-order valence-electron chi connectivity index (χ4n) is 3.85. The number of aryl methyl sites for hydroxylation is 1. The molecular formula is C24H23N3O3. The van der Waals surface area contributed by atoms with Gasteiger partial charge in [-0.05, 0) is 47.4 Å². The zero-order valence-corrected chi connectivity index (χ0v) is 16.9. The van der Waals surface area contributed by atoms with Gasteiger partial charge < -0.3 is 10.6 Å². The number of hydrogen-bond donors (Lipinski definition) is 2. The number of nitrogens with zero attached hydrogens (tertiary/aromatic N) is 1. The first kappa shape index (κ1) is 19.6. The lowest BCUT2D eigenvalue weighted by atomic mass is 9.88. The van der Waals surface area contributed by atoms with Crippen LogP contribution in [0.15, 0.2) is 66.7 Å². The van der Waals surface area contributed by atoms with Crippen LogP contribution < -0.4 is 10.6 Å². The molecule has 0 unspecified atom stereocenters. The minimum absolute atomic E-state index is 0.347. The van der Waals surface area contributed by atoms with Crippen molar-refractivity contribution in [2.45, 2.75) is 25.8 Å². The van der Waals surface area contributed by atoms with Crippen molar-refractivity contribution in [3.05, 3.63) is 77.9 Å². The van der Waals surface area contributed by atoms with Gasteiger partial charge in [0.2, 0.25) is 5.91 Å². The molecule has 1 fully saturated rings. The first-order chi connectivity index (χ1) is 14.4. The zero-order chi connectivity index (χ0) is 21.3. The van der Waals surface area contributed by atoms with E-state index in [9.17, 15) is 14.4 Å². The van der Waals surface area contributed by atoms with Gasteiger partial charge in [-0.3, -0.25) is 14.5 Å². The smallest absolute Gasteiger partial charge is 0.325 e. The van der Waals surface area contributed by atoms with Gasteiger partial charge >= 0.3 is 6.03 Å². The zero-order valence-electron chi connectivity index (χ0n) is 16.9. The van der Waals surface area contributed by atoms with Gasteiger partial charge in [-0.15, -0.1) is 0 Å². The molecule has 3 aromatic rings. The van der Waals surface area contributed by atoms with Crippen LogP contribution in [0, 0.1) is 0 Å². The summed E-state index contributed by atoms with van der Waals surface area (Å²) >= 11 is 0. The number of rotatable bonds is 5. The number of carbonyl (C=O) groups is 3. The molecule has 2 N–H and O–H groups in total. The van der Waals surface area contributed by atoms with Gasteiger partial charge in [0.25, 0.3) is 5.91 Å². The second kappa shape index (κ2) is 7.63. The molecule has 1 aliphatic rings. The van der Waals surface area contributed by atoms with Crippen LogP contribution in [-0.4, -0.2) is 29.3 Å². The van der Waals surface area contributed by atoms with E-state index >= 15 is 0 Å². The summed E-state index contributed by atoms with van der Waals surface area (Å²) < 4.78 is 0. The molecule has 0 aromatic heterocycles.